The Labute approximate surface area is 106 Å². The van der Waals surface area contributed by atoms with Crippen molar-refractivity contribution >= 4 is 11.6 Å². The number of hydrogen-bond acceptors (Lipinski definition) is 2. The van der Waals surface area contributed by atoms with E-state index in [-0.39, 0.29) is 6.04 Å². The van der Waals surface area contributed by atoms with E-state index in [1.54, 1.807) is 4.68 Å². The predicted octanol–water partition coefficient (Wildman–Crippen LogP) is 2.69. The lowest BCUT2D eigenvalue weighted by molar-refractivity contribution is 0.642. The van der Waals surface area contributed by atoms with Gasteiger partial charge in [0.25, 0.3) is 0 Å². The molecule has 4 heteroatoms. The zero-order valence-electron chi connectivity index (χ0n) is 10.2. The number of nitrogens with zero attached hydrogens (tertiary/aromatic N) is 2. The summed E-state index contributed by atoms with van der Waals surface area (Å²) in [5.74, 6) is 0. The van der Waals surface area contributed by atoms with E-state index >= 15 is 0 Å². The van der Waals surface area contributed by atoms with Crippen LogP contribution in [0.3, 0.4) is 0 Å². The Morgan fingerprint density at radius 2 is 2.12 bits per heavy atom. The average Bonchev–Trinajstić information content (AvgIpc) is 2.64. The highest BCUT2D eigenvalue weighted by Gasteiger charge is 2.15. The molecule has 1 N–H and O–H groups in total. The van der Waals surface area contributed by atoms with Crippen molar-refractivity contribution in [2.75, 3.05) is 7.05 Å². The van der Waals surface area contributed by atoms with E-state index in [1.807, 2.05) is 45.4 Å². The number of hydrogen-bond donors (Lipinski definition) is 1. The smallest absolute Gasteiger partial charge is 0.0839 e. The van der Waals surface area contributed by atoms with Gasteiger partial charge in [-0.3, -0.25) is 4.68 Å². The van der Waals surface area contributed by atoms with Crippen molar-refractivity contribution in [3.8, 4) is 0 Å². The van der Waals surface area contributed by atoms with Crippen molar-refractivity contribution in [2.24, 2.45) is 7.05 Å². The van der Waals surface area contributed by atoms with Gasteiger partial charge < -0.3 is 5.32 Å². The third kappa shape index (κ3) is 2.68. The van der Waals surface area contributed by atoms with Crippen molar-refractivity contribution in [2.45, 2.75) is 13.0 Å². The van der Waals surface area contributed by atoms with Crippen molar-refractivity contribution in [1.82, 2.24) is 15.1 Å². The summed E-state index contributed by atoms with van der Waals surface area (Å²) in [7, 11) is 3.84. The topological polar surface area (TPSA) is 29.9 Å². The molecule has 0 aliphatic heterocycles. The summed E-state index contributed by atoms with van der Waals surface area (Å²) in [6.07, 6.45) is 1.94. The van der Waals surface area contributed by atoms with E-state index in [0.717, 1.165) is 21.8 Å². The zero-order chi connectivity index (χ0) is 12.4. The lowest BCUT2D eigenvalue weighted by atomic mass is 10.0. The quantitative estimate of drug-likeness (QED) is 0.907. The fraction of sp³-hybridized carbons (Fsp3) is 0.308. The van der Waals surface area contributed by atoms with Crippen LogP contribution in [0.5, 0.6) is 0 Å². The average molecular weight is 250 g/mol. The minimum absolute atomic E-state index is 0.0774. The van der Waals surface area contributed by atoms with Crippen LogP contribution < -0.4 is 5.32 Å². The second kappa shape index (κ2) is 4.90. The van der Waals surface area contributed by atoms with Gasteiger partial charge >= 0.3 is 0 Å². The Hall–Kier alpha value is -1.32. The summed E-state index contributed by atoms with van der Waals surface area (Å²) in [5.41, 5.74) is 3.29. The molecule has 2 aromatic rings. The summed E-state index contributed by atoms with van der Waals surface area (Å²) < 4.78 is 1.80. The first kappa shape index (κ1) is 12.1. The predicted molar refractivity (Wildman–Crippen MR) is 70.3 cm³/mol. The lowest BCUT2D eigenvalue weighted by Gasteiger charge is -2.15. The molecule has 1 atom stereocenters. The summed E-state index contributed by atoms with van der Waals surface area (Å²) in [6, 6.07) is 8.15. The molecule has 3 nitrogen and oxygen atoms in total. The Kier molecular flexibility index (Phi) is 3.50. The van der Waals surface area contributed by atoms with Crippen LogP contribution in [0.25, 0.3) is 0 Å². The normalized spacial score (nSPS) is 12.7. The van der Waals surface area contributed by atoms with Crippen molar-refractivity contribution < 1.29 is 0 Å². The molecule has 0 aliphatic rings. The molecule has 1 aromatic heterocycles. The van der Waals surface area contributed by atoms with Crippen LogP contribution in [0.4, 0.5) is 0 Å². The largest absolute Gasteiger partial charge is 0.308 e. The van der Waals surface area contributed by atoms with Gasteiger partial charge in [0.1, 0.15) is 0 Å². The molecule has 0 saturated heterocycles. The Morgan fingerprint density at radius 3 is 2.65 bits per heavy atom. The Balaban J connectivity index is 2.41. The van der Waals surface area contributed by atoms with Crippen molar-refractivity contribution in [1.29, 1.82) is 0 Å². The van der Waals surface area contributed by atoms with Gasteiger partial charge in [-0.1, -0.05) is 17.7 Å². The fourth-order valence-electron chi connectivity index (χ4n) is 2.00. The van der Waals surface area contributed by atoms with Crippen LogP contribution >= 0.6 is 11.6 Å². The molecule has 0 amide bonds. The zero-order valence-corrected chi connectivity index (χ0v) is 11.0. The molecule has 0 aliphatic carbocycles. The number of nitrogens with one attached hydrogen (secondary N) is 1. The van der Waals surface area contributed by atoms with E-state index in [1.165, 1.54) is 0 Å². The monoisotopic (exact) mass is 249 g/mol. The van der Waals surface area contributed by atoms with Gasteiger partial charge in [-0.2, -0.15) is 5.10 Å². The second-order valence-electron chi connectivity index (χ2n) is 4.20. The number of halogens is 1. The maximum atomic E-state index is 6.09. The van der Waals surface area contributed by atoms with E-state index in [2.05, 4.69) is 16.5 Å². The molecule has 0 saturated carbocycles. The van der Waals surface area contributed by atoms with Gasteiger partial charge in [0.05, 0.1) is 11.7 Å². The van der Waals surface area contributed by atoms with Crippen LogP contribution in [-0.4, -0.2) is 16.8 Å². The van der Waals surface area contributed by atoms with Gasteiger partial charge in [-0.05, 0) is 43.3 Å². The minimum atomic E-state index is 0.0774. The molecule has 0 fully saturated rings. The lowest BCUT2D eigenvalue weighted by Crippen LogP contribution is -2.18. The van der Waals surface area contributed by atoms with Crippen LogP contribution in [0, 0.1) is 6.92 Å². The van der Waals surface area contributed by atoms with Crippen LogP contribution in [-0.2, 0) is 7.05 Å². The third-order valence-corrected chi connectivity index (χ3v) is 2.93. The molecule has 17 heavy (non-hydrogen) atoms. The maximum absolute atomic E-state index is 6.09. The highest BCUT2D eigenvalue weighted by molar-refractivity contribution is 6.30. The molecule has 1 heterocycles. The van der Waals surface area contributed by atoms with E-state index < -0.39 is 0 Å². The van der Waals surface area contributed by atoms with Gasteiger partial charge in [0, 0.05) is 18.3 Å². The second-order valence-corrected chi connectivity index (χ2v) is 4.63. The SMILES string of the molecule is CNC(c1cc(C)cc(Cl)c1)c1ccn(C)n1. The Bertz CT molecular complexity index is 499. The fourth-order valence-corrected chi connectivity index (χ4v) is 2.30. The summed E-state index contributed by atoms with van der Waals surface area (Å²) >= 11 is 6.09. The van der Waals surface area contributed by atoms with Crippen LogP contribution in [0.1, 0.15) is 22.9 Å². The molecule has 0 spiro atoms. The number of benzene rings is 1. The Morgan fingerprint density at radius 1 is 1.35 bits per heavy atom. The first-order valence-corrected chi connectivity index (χ1v) is 5.92. The molecule has 2 rings (SSSR count). The summed E-state index contributed by atoms with van der Waals surface area (Å²) in [5, 5.41) is 8.46. The van der Waals surface area contributed by atoms with Gasteiger partial charge in [0.15, 0.2) is 0 Å². The third-order valence-electron chi connectivity index (χ3n) is 2.72. The van der Waals surface area contributed by atoms with Crippen molar-refractivity contribution in [3.63, 3.8) is 0 Å². The molecule has 0 radical (unpaired) electrons. The number of aromatic nitrogens is 2. The molecule has 90 valence electrons. The number of rotatable bonds is 3. The first-order valence-electron chi connectivity index (χ1n) is 5.54. The van der Waals surface area contributed by atoms with E-state index in [0.29, 0.717) is 0 Å². The minimum Gasteiger partial charge on any atom is -0.308 e. The molecular weight excluding hydrogens is 234 g/mol. The van der Waals surface area contributed by atoms with E-state index in [4.69, 9.17) is 11.6 Å². The van der Waals surface area contributed by atoms with Gasteiger partial charge in [0.2, 0.25) is 0 Å². The van der Waals surface area contributed by atoms with Crippen molar-refractivity contribution in [3.05, 3.63) is 52.3 Å². The van der Waals surface area contributed by atoms with Gasteiger partial charge in [-0.15, -0.1) is 0 Å². The highest BCUT2D eigenvalue weighted by Crippen LogP contribution is 2.24. The molecule has 1 unspecified atom stereocenters. The molecule has 1 aromatic carbocycles. The summed E-state index contributed by atoms with van der Waals surface area (Å²) in [6.45, 7) is 2.04. The maximum Gasteiger partial charge on any atom is 0.0839 e. The summed E-state index contributed by atoms with van der Waals surface area (Å²) in [4.78, 5) is 0. The van der Waals surface area contributed by atoms with Crippen LogP contribution in [0.15, 0.2) is 30.5 Å². The van der Waals surface area contributed by atoms with Gasteiger partial charge in [-0.25, -0.2) is 0 Å². The standard InChI is InChI=1S/C13H16ClN3/c1-9-6-10(8-11(14)7-9)13(15-2)12-4-5-17(3)16-12/h4-8,13,15H,1-3H3. The van der Waals surface area contributed by atoms with E-state index in [9.17, 15) is 0 Å². The number of aryl methyl sites for hydroxylation is 2. The van der Waals surface area contributed by atoms with Crippen LogP contribution in [0.2, 0.25) is 5.02 Å². The first-order chi connectivity index (χ1) is 8.10. The highest BCUT2D eigenvalue weighted by atomic mass is 35.5. The molecule has 0 bridgehead atoms. The molecular formula is C13H16ClN3.